The molecular formula is C24H16FN5O3. The zero-order valence-corrected chi connectivity index (χ0v) is 17.1. The Morgan fingerprint density at radius 2 is 1.76 bits per heavy atom. The highest BCUT2D eigenvalue weighted by molar-refractivity contribution is 6.16. The maximum Gasteiger partial charge on any atom is 0.261 e. The highest BCUT2D eigenvalue weighted by atomic mass is 19.1. The number of hydrogen-bond donors (Lipinski definition) is 2. The zero-order chi connectivity index (χ0) is 22.5. The second-order valence-electron chi connectivity index (χ2n) is 7.48. The van der Waals surface area contributed by atoms with Gasteiger partial charge in [0.15, 0.2) is 17.1 Å². The van der Waals surface area contributed by atoms with Crippen LogP contribution >= 0.6 is 0 Å². The van der Waals surface area contributed by atoms with Crippen LogP contribution in [0.2, 0.25) is 0 Å². The molecule has 0 fully saturated rings. The molecule has 1 aliphatic rings. The van der Waals surface area contributed by atoms with Crippen molar-refractivity contribution in [1.82, 2.24) is 14.5 Å². The van der Waals surface area contributed by atoms with E-state index in [1.807, 2.05) is 18.2 Å². The summed E-state index contributed by atoms with van der Waals surface area (Å²) in [5.41, 5.74) is 9.45. The number of nitrogens with two attached hydrogens (primary N) is 1. The lowest BCUT2D eigenvalue weighted by molar-refractivity contribution is 0.102. The van der Waals surface area contributed by atoms with E-state index in [4.69, 9.17) is 15.2 Å². The monoisotopic (exact) mass is 441 g/mol. The molecule has 162 valence electrons. The van der Waals surface area contributed by atoms with Crippen LogP contribution in [-0.2, 0) is 0 Å². The van der Waals surface area contributed by atoms with Crippen LogP contribution in [0.15, 0.2) is 66.7 Å². The number of carbonyl (C=O) groups excluding carboxylic acids is 1. The molecule has 0 aliphatic carbocycles. The van der Waals surface area contributed by atoms with Gasteiger partial charge in [0.25, 0.3) is 5.91 Å². The number of fused-ring (bicyclic) bond motifs is 3. The van der Waals surface area contributed by atoms with Crippen LogP contribution in [0.3, 0.4) is 0 Å². The first-order valence-corrected chi connectivity index (χ1v) is 10.1. The molecule has 0 unspecified atom stereocenters. The van der Waals surface area contributed by atoms with Crippen molar-refractivity contribution < 1.29 is 18.7 Å². The van der Waals surface area contributed by atoms with Gasteiger partial charge in [-0.3, -0.25) is 9.36 Å². The Hall–Kier alpha value is -4.66. The molecule has 0 atom stereocenters. The van der Waals surface area contributed by atoms with Crippen LogP contribution in [0.1, 0.15) is 10.4 Å². The molecule has 1 aliphatic heterocycles. The number of rotatable bonds is 3. The van der Waals surface area contributed by atoms with E-state index in [0.29, 0.717) is 45.1 Å². The quantitative estimate of drug-likeness (QED) is 0.433. The van der Waals surface area contributed by atoms with Crippen LogP contribution in [0.25, 0.3) is 27.9 Å². The van der Waals surface area contributed by atoms with Gasteiger partial charge in [0.1, 0.15) is 22.7 Å². The molecule has 2 aromatic heterocycles. The normalized spacial score (nSPS) is 12.4. The average molecular weight is 441 g/mol. The Bertz CT molecular complexity index is 1580. The summed E-state index contributed by atoms with van der Waals surface area (Å²) in [4.78, 5) is 22.7. The van der Waals surface area contributed by atoms with Crippen LogP contribution in [0, 0.1) is 5.82 Å². The molecule has 0 spiro atoms. The first-order chi connectivity index (χ1) is 16.1. The molecule has 3 N–H and O–H groups in total. The van der Waals surface area contributed by atoms with Gasteiger partial charge < -0.3 is 20.5 Å². The van der Waals surface area contributed by atoms with Crippen molar-refractivity contribution in [1.29, 1.82) is 0 Å². The molecule has 3 aromatic carbocycles. The van der Waals surface area contributed by atoms with Gasteiger partial charge in [-0.1, -0.05) is 18.2 Å². The van der Waals surface area contributed by atoms with Gasteiger partial charge in [-0.2, -0.15) is 0 Å². The summed E-state index contributed by atoms with van der Waals surface area (Å²) in [6.07, 6.45) is 0. The van der Waals surface area contributed by atoms with Gasteiger partial charge in [-0.25, -0.2) is 14.4 Å². The van der Waals surface area contributed by atoms with Crippen LogP contribution in [0.5, 0.6) is 11.5 Å². The third-order valence-electron chi connectivity index (χ3n) is 5.42. The predicted molar refractivity (Wildman–Crippen MR) is 121 cm³/mol. The molecule has 0 saturated carbocycles. The van der Waals surface area contributed by atoms with Crippen molar-refractivity contribution >= 4 is 39.6 Å². The topological polar surface area (TPSA) is 104 Å². The van der Waals surface area contributed by atoms with E-state index in [0.717, 1.165) is 0 Å². The highest BCUT2D eigenvalue weighted by Gasteiger charge is 2.25. The van der Waals surface area contributed by atoms with Gasteiger partial charge >= 0.3 is 0 Å². The lowest BCUT2D eigenvalue weighted by atomic mass is 10.2. The van der Waals surface area contributed by atoms with E-state index in [-0.39, 0.29) is 18.2 Å². The van der Waals surface area contributed by atoms with Crippen molar-refractivity contribution in [3.05, 3.63) is 78.1 Å². The molecule has 1 amide bonds. The summed E-state index contributed by atoms with van der Waals surface area (Å²) < 4.78 is 26.2. The first-order valence-electron chi connectivity index (χ1n) is 10.1. The van der Waals surface area contributed by atoms with Gasteiger partial charge in [-0.05, 0) is 42.5 Å². The fourth-order valence-corrected chi connectivity index (χ4v) is 3.93. The van der Waals surface area contributed by atoms with Gasteiger partial charge in [0.05, 0.1) is 16.7 Å². The predicted octanol–water partition coefficient (Wildman–Crippen LogP) is 4.28. The second-order valence-corrected chi connectivity index (χ2v) is 7.48. The van der Waals surface area contributed by atoms with Gasteiger partial charge in [0, 0.05) is 11.8 Å². The summed E-state index contributed by atoms with van der Waals surface area (Å²) in [7, 11) is 0. The summed E-state index contributed by atoms with van der Waals surface area (Å²) in [5.74, 6) is 0.329. The van der Waals surface area contributed by atoms with Crippen molar-refractivity contribution in [2.45, 2.75) is 0 Å². The SMILES string of the molecule is Nc1c(C(=O)Nc2ccc3c(c2)OCO3)c2nc3ccccc3nc2n1-c1cccc(F)c1. The Morgan fingerprint density at radius 1 is 0.970 bits per heavy atom. The molecular weight excluding hydrogens is 425 g/mol. The lowest BCUT2D eigenvalue weighted by Gasteiger charge is -2.08. The lowest BCUT2D eigenvalue weighted by Crippen LogP contribution is -2.14. The van der Waals surface area contributed by atoms with E-state index in [9.17, 15) is 9.18 Å². The Morgan fingerprint density at radius 3 is 2.58 bits per heavy atom. The second kappa shape index (κ2) is 7.20. The standard InChI is InChI=1S/C24H16FN5O3/c25-13-4-3-5-15(10-13)30-22(26)20(21-23(30)29-17-7-2-1-6-16(17)28-21)24(31)27-14-8-9-18-19(11-14)33-12-32-18/h1-11H,12,26H2,(H,27,31). The van der Waals surface area contributed by atoms with E-state index >= 15 is 0 Å². The number of nitrogens with zero attached hydrogens (tertiary/aromatic N) is 3. The maximum absolute atomic E-state index is 14.0. The third-order valence-corrected chi connectivity index (χ3v) is 5.42. The molecule has 9 heteroatoms. The van der Waals surface area contributed by atoms with Crippen molar-refractivity contribution in [3.63, 3.8) is 0 Å². The molecule has 3 heterocycles. The van der Waals surface area contributed by atoms with E-state index in [2.05, 4.69) is 15.3 Å². The molecule has 0 radical (unpaired) electrons. The van der Waals surface area contributed by atoms with Gasteiger partial charge in [0.2, 0.25) is 6.79 Å². The number of nitrogen functional groups attached to an aromatic ring is 1. The fraction of sp³-hybridized carbons (Fsp3) is 0.0417. The van der Waals surface area contributed by atoms with E-state index in [1.165, 1.54) is 16.7 Å². The van der Waals surface area contributed by atoms with Crippen molar-refractivity contribution in [2.75, 3.05) is 17.8 Å². The number of carbonyl (C=O) groups is 1. The number of amides is 1. The van der Waals surface area contributed by atoms with Crippen LogP contribution in [-0.4, -0.2) is 27.2 Å². The average Bonchev–Trinajstić information content (AvgIpc) is 3.38. The van der Waals surface area contributed by atoms with Gasteiger partial charge in [-0.15, -0.1) is 0 Å². The largest absolute Gasteiger partial charge is 0.454 e. The molecule has 33 heavy (non-hydrogen) atoms. The number of benzene rings is 3. The summed E-state index contributed by atoms with van der Waals surface area (Å²) >= 11 is 0. The number of nitrogens with one attached hydrogen (secondary N) is 1. The summed E-state index contributed by atoms with van der Waals surface area (Å²) in [6, 6.07) is 18.3. The smallest absolute Gasteiger partial charge is 0.261 e. The zero-order valence-electron chi connectivity index (χ0n) is 17.1. The minimum atomic E-state index is -0.476. The van der Waals surface area contributed by atoms with Crippen molar-refractivity contribution in [2.24, 2.45) is 0 Å². The number of hydrogen-bond acceptors (Lipinski definition) is 6. The fourth-order valence-electron chi connectivity index (χ4n) is 3.93. The molecule has 8 nitrogen and oxygen atoms in total. The van der Waals surface area contributed by atoms with Crippen LogP contribution < -0.4 is 20.5 Å². The maximum atomic E-state index is 14.0. The molecule has 0 saturated heterocycles. The molecule has 6 rings (SSSR count). The number of ether oxygens (including phenoxy) is 2. The summed E-state index contributed by atoms with van der Waals surface area (Å²) in [5, 5.41) is 2.84. The Labute approximate surface area is 186 Å². The van der Waals surface area contributed by atoms with Crippen LogP contribution in [0.4, 0.5) is 15.9 Å². The Kier molecular flexibility index (Phi) is 4.16. The molecule has 5 aromatic rings. The Balaban J connectivity index is 1.54. The first kappa shape index (κ1) is 19.1. The third kappa shape index (κ3) is 3.09. The number of halogens is 1. The van der Waals surface area contributed by atoms with E-state index < -0.39 is 11.7 Å². The number of aromatic nitrogens is 3. The number of anilines is 2. The summed E-state index contributed by atoms with van der Waals surface area (Å²) in [6.45, 7) is 0.128. The molecule has 0 bridgehead atoms. The minimum absolute atomic E-state index is 0.101. The van der Waals surface area contributed by atoms with E-state index in [1.54, 1.807) is 36.4 Å². The highest BCUT2D eigenvalue weighted by Crippen LogP contribution is 2.35. The van der Waals surface area contributed by atoms with Crippen molar-refractivity contribution in [3.8, 4) is 17.2 Å². The number of para-hydroxylation sites is 2. The minimum Gasteiger partial charge on any atom is -0.454 e.